The molecule has 29 heavy (non-hydrogen) atoms. The van der Waals surface area contributed by atoms with E-state index in [0.717, 1.165) is 12.1 Å². The van der Waals surface area contributed by atoms with Crippen molar-refractivity contribution < 1.29 is 41.3 Å². The molecule has 150 valence electrons. The predicted molar refractivity (Wildman–Crippen MR) is 89.3 cm³/mol. The van der Waals surface area contributed by atoms with Crippen LogP contribution in [0, 0.1) is 24.0 Å². The third-order valence-electron chi connectivity index (χ3n) is 3.83. The van der Waals surface area contributed by atoms with Gasteiger partial charge in [0.05, 0.1) is 16.6 Å². The smallest absolute Gasteiger partial charge is 0.429 e. The van der Waals surface area contributed by atoms with Crippen molar-refractivity contribution in [2.75, 3.05) is 0 Å². The molecule has 0 radical (unpaired) electrons. The number of carbonyl (C=O) groups is 1. The SMILES string of the molecule is C#Cc1cc(F)c(Oc2cc3c(cc2Cl)C=C(C(=O)[O-])C(C(F)(F)F)O3)cc1F. The number of fused-ring (bicyclic) bond motifs is 1. The van der Waals surface area contributed by atoms with Gasteiger partial charge in [-0.05, 0) is 18.2 Å². The Balaban J connectivity index is 2.03. The average molecular weight is 430 g/mol. The molecule has 2 aromatic carbocycles. The number of benzene rings is 2. The summed E-state index contributed by atoms with van der Waals surface area (Å²) in [5.41, 5.74) is -1.60. The van der Waals surface area contributed by atoms with E-state index in [0.29, 0.717) is 18.2 Å². The van der Waals surface area contributed by atoms with Crippen molar-refractivity contribution in [3.63, 3.8) is 0 Å². The van der Waals surface area contributed by atoms with E-state index < -0.39 is 47.0 Å². The number of hydrogen-bond donors (Lipinski definition) is 0. The van der Waals surface area contributed by atoms with Gasteiger partial charge in [0.1, 0.15) is 17.3 Å². The van der Waals surface area contributed by atoms with E-state index in [9.17, 15) is 31.9 Å². The van der Waals surface area contributed by atoms with Crippen LogP contribution in [0.25, 0.3) is 6.08 Å². The van der Waals surface area contributed by atoms with Gasteiger partial charge in [0.2, 0.25) is 6.10 Å². The molecular weight excluding hydrogens is 423 g/mol. The highest BCUT2D eigenvalue weighted by molar-refractivity contribution is 6.32. The van der Waals surface area contributed by atoms with Gasteiger partial charge in [-0.2, -0.15) is 13.2 Å². The number of terminal acetylenes is 1. The number of carboxylic acid groups (broad SMARTS) is 1. The van der Waals surface area contributed by atoms with Crippen molar-refractivity contribution in [1.29, 1.82) is 0 Å². The first-order chi connectivity index (χ1) is 13.5. The Labute approximate surface area is 165 Å². The minimum Gasteiger partial charge on any atom is -0.545 e. The lowest BCUT2D eigenvalue weighted by molar-refractivity contribution is -0.302. The van der Waals surface area contributed by atoms with Crippen molar-refractivity contribution in [2.45, 2.75) is 12.3 Å². The molecule has 0 N–H and O–H groups in total. The number of rotatable bonds is 3. The molecule has 0 aromatic heterocycles. The van der Waals surface area contributed by atoms with Crippen LogP contribution in [0.2, 0.25) is 5.02 Å². The Bertz CT molecular complexity index is 1090. The third-order valence-corrected chi connectivity index (χ3v) is 4.13. The van der Waals surface area contributed by atoms with Crippen molar-refractivity contribution >= 4 is 23.6 Å². The fourth-order valence-electron chi connectivity index (χ4n) is 2.52. The van der Waals surface area contributed by atoms with Crippen LogP contribution >= 0.6 is 11.6 Å². The molecule has 0 amide bonds. The number of hydrogen-bond acceptors (Lipinski definition) is 4. The molecular formula is C19H7ClF5O4-. The molecule has 0 saturated carbocycles. The first-order valence-electron chi connectivity index (χ1n) is 7.64. The van der Waals surface area contributed by atoms with E-state index in [1.807, 2.05) is 5.92 Å². The van der Waals surface area contributed by atoms with Gasteiger partial charge in [0.25, 0.3) is 0 Å². The van der Waals surface area contributed by atoms with Crippen LogP contribution in [0.3, 0.4) is 0 Å². The quantitative estimate of drug-likeness (QED) is 0.549. The summed E-state index contributed by atoms with van der Waals surface area (Å²) in [6.45, 7) is 0. The number of halogens is 6. The van der Waals surface area contributed by atoms with Crippen LogP contribution in [-0.4, -0.2) is 18.2 Å². The maximum absolute atomic E-state index is 14.0. The molecule has 0 aliphatic carbocycles. The highest BCUT2D eigenvalue weighted by Crippen LogP contribution is 2.42. The van der Waals surface area contributed by atoms with E-state index in [1.54, 1.807) is 0 Å². The number of alkyl halides is 3. The van der Waals surface area contributed by atoms with Gasteiger partial charge < -0.3 is 19.4 Å². The van der Waals surface area contributed by atoms with Crippen molar-refractivity contribution in [1.82, 2.24) is 0 Å². The summed E-state index contributed by atoms with van der Waals surface area (Å²) in [4.78, 5) is 11.0. The van der Waals surface area contributed by atoms with Crippen LogP contribution in [0.15, 0.2) is 29.8 Å². The molecule has 1 unspecified atom stereocenters. The third kappa shape index (κ3) is 3.98. The van der Waals surface area contributed by atoms with Crippen molar-refractivity contribution in [3.05, 3.63) is 57.6 Å². The molecule has 0 fully saturated rings. The largest absolute Gasteiger partial charge is 0.545 e. The number of ether oxygens (including phenoxy) is 2. The van der Waals surface area contributed by atoms with Gasteiger partial charge in [-0.15, -0.1) is 6.42 Å². The summed E-state index contributed by atoms with van der Waals surface area (Å²) in [6, 6.07) is 3.28. The van der Waals surface area contributed by atoms with Gasteiger partial charge in [-0.3, -0.25) is 0 Å². The molecule has 0 saturated heterocycles. The Kier molecular flexibility index (Phi) is 5.15. The van der Waals surface area contributed by atoms with Crippen LogP contribution in [0.4, 0.5) is 22.0 Å². The summed E-state index contributed by atoms with van der Waals surface area (Å²) in [5.74, 6) is -3.56. The Morgan fingerprint density at radius 1 is 1.17 bits per heavy atom. The van der Waals surface area contributed by atoms with E-state index >= 15 is 0 Å². The van der Waals surface area contributed by atoms with Crippen molar-refractivity contribution in [3.8, 4) is 29.6 Å². The second-order valence-corrected chi connectivity index (χ2v) is 6.16. The second-order valence-electron chi connectivity index (χ2n) is 5.76. The highest BCUT2D eigenvalue weighted by atomic mass is 35.5. The summed E-state index contributed by atoms with van der Waals surface area (Å²) >= 11 is 5.97. The molecule has 3 rings (SSSR count). The number of aliphatic carboxylic acids is 1. The fraction of sp³-hybridized carbons (Fsp3) is 0.105. The van der Waals surface area contributed by atoms with Crippen LogP contribution in [0.5, 0.6) is 17.2 Å². The summed E-state index contributed by atoms with van der Waals surface area (Å²) in [5, 5.41) is 10.8. The predicted octanol–water partition coefficient (Wildman–Crippen LogP) is 3.85. The minimum atomic E-state index is -5.05. The van der Waals surface area contributed by atoms with Gasteiger partial charge in [-0.25, -0.2) is 8.78 Å². The first kappa shape index (κ1) is 20.5. The maximum atomic E-state index is 14.0. The lowest BCUT2D eigenvalue weighted by Gasteiger charge is -2.29. The van der Waals surface area contributed by atoms with Crippen LogP contribution < -0.4 is 14.6 Å². The molecule has 0 spiro atoms. The van der Waals surface area contributed by atoms with Crippen LogP contribution in [0.1, 0.15) is 11.1 Å². The molecule has 2 aromatic rings. The van der Waals surface area contributed by atoms with E-state index in [2.05, 4.69) is 0 Å². The maximum Gasteiger partial charge on any atom is 0.429 e. The Morgan fingerprint density at radius 2 is 1.86 bits per heavy atom. The topological polar surface area (TPSA) is 58.6 Å². The van der Waals surface area contributed by atoms with Crippen LogP contribution in [-0.2, 0) is 4.79 Å². The van der Waals surface area contributed by atoms with E-state index in [1.165, 1.54) is 0 Å². The Hall–Kier alpha value is -3.25. The lowest BCUT2D eigenvalue weighted by Crippen LogP contribution is -2.44. The molecule has 1 aliphatic heterocycles. The first-order valence-corrected chi connectivity index (χ1v) is 8.02. The molecule has 4 nitrogen and oxygen atoms in total. The fourth-order valence-corrected chi connectivity index (χ4v) is 2.73. The van der Waals surface area contributed by atoms with Gasteiger partial charge in [0.15, 0.2) is 11.6 Å². The normalized spacial score (nSPS) is 15.6. The highest BCUT2D eigenvalue weighted by Gasteiger charge is 2.46. The van der Waals surface area contributed by atoms with Gasteiger partial charge in [0, 0.05) is 23.3 Å². The molecule has 1 aliphatic rings. The zero-order valence-corrected chi connectivity index (χ0v) is 14.7. The van der Waals surface area contributed by atoms with Crippen molar-refractivity contribution in [2.24, 2.45) is 0 Å². The Morgan fingerprint density at radius 3 is 2.45 bits per heavy atom. The standard InChI is InChI=1S/C19H8ClF5O4/c1-2-8-5-13(22)16(6-12(8)21)28-15-7-14-9(4-11(15)20)3-10(18(26)27)17(29-14)19(23,24)25/h1,3-7,17H,(H,26,27)/p-1. The summed E-state index contributed by atoms with van der Waals surface area (Å²) in [6.07, 6.45) is -2.12. The summed E-state index contributed by atoms with van der Waals surface area (Å²) in [7, 11) is 0. The minimum absolute atomic E-state index is 0.101. The monoisotopic (exact) mass is 429 g/mol. The summed E-state index contributed by atoms with van der Waals surface area (Å²) < 4.78 is 77.1. The second kappa shape index (κ2) is 7.29. The molecule has 10 heteroatoms. The molecule has 1 atom stereocenters. The van der Waals surface area contributed by atoms with E-state index in [-0.39, 0.29) is 21.9 Å². The average Bonchev–Trinajstić information content (AvgIpc) is 2.63. The molecule has 1 heterocycles. The van der Waals surface area contributed by atoms with Gasteiger partial charge in [-0.1, -0.05) is 17.5 Å². The lowest BCUT2D eigenvalue weighted by atomic mass is 10.0. The number of carbonyl (C=O) groups excluding carboxylic acids is 1. The zero-order chi connectivity index (χ0) is 21.5. The molecule has 0 bridgehead atoms. The van der Waals surface area contributed by atoms with E-state index in [4.69, 9.17) is 27.5 Å². The van der Waals surface area contributed by atoms with Gasteiger partial charge >= 0.3 is 6.18 Å². The zero-order valence-electron chi connectivity index (χ0n) is 13.9. The number of carboxylic acids is 1.